The summed E-state index contributed by atoms with van der Waals surface area (Å²) in [6, 6.07) is 4.94. The van der Waals surface area contributed by atoms with Crippen molar-refractivity contribution < 1.29 is 9.53 Å². The van der Waals surface area contributed by atoms with E-state index in [-0.39, 0.29) is 5.78 Å². The van der Waals surface area contributed by atoms with Crippen LogP contribution in [0.2, 0.25) is 10.0 Å². The highest BCUT2D eigenvalue weighted by Crippen LogP contribution is 2.24. The normalized spacial score (nSPS) is 15.9. The number of hydrogen-bond donors (Lipinski definition) is 0. The lowest BCUT2D eigenvalue weighted by Crippen LogP contribution is -2.31. The van der Waals surface area contributed by atoms with E-state index in [1.54, 1.807) is 30.0 Å². The van der Waals surface area contributed by atoms with Crippen LogP contribution in [0.1, 0.15) is 10.4 Å². The average molecular weight is 277 g/mol. The highest BCUT2D eigenvalue weighted by molar-refractivity contribution is 8.00. The number of Topliss-reactive ketones (excluding diaryl/α,β-unsaturated/α-hetero) is 1. The minimum Gasteiger partial charge on any atom is -0.379 e. The highest BCUT2D eigenvalue weighted by atomic mass is 35.5. The van der Waals surface area contributed by atoms with Crippen LogP contribution in [0.3, 0.4) is 0 Å². The van der Waals surface area contributed by atoms with Gasteiger partial charge in [-0.05, 0) is 18.2 Å². The van der Waals surface area contributed by atoms with Crippen LogP contribution >= 0.6 is 35.0 Å². The van der Waals surface area contributed by atoms with E-state index in [4.69, 9.17) is 27.9 Å². The van der Waals surface area contributed by atoms with Crippen LogP contribution in [0.4, 0.5) is 0 Å². The molecule has 0 aromatic heterocycles. The summed E-state index contributed by atoms with van der Waals surface area (Å²) < 4.78 is 5.04. The molecule has 5 heteroatoms. The molecule has 1 aromatic carbocycles. The van der Waals surface area contributed by atoms with Gasteiger partial charge in [-0.15, -0.1) is 11.8 Å². The monoisotopic (exact) mass is 276 g/mol. The van der Waals surface area contributed by atoms with Gasteiger partial charge in [0.05, 0.1) is 29.2 Å². The SMILES string of the molecule is O=C(CSC1COC1)c1ccc(Cl)cc1Cl. The van der Waals surface area contributed by atoms with Crippen LogP contribution in [0.15, 0.2) is 18.2 Å². The van der Waals surface area contributed by atoms with Crippen molar-refractivity contribution in [2.75, 3.05) is 19.0 Å². The van der Waals surface area contributed by atoms with Crippen molar-refractivity contribution in [3.8, 4) is 0 Å². The lowest BCUT2D eigenvalue weighted by molar-refractivity contribution is 0.0455. The van der Waals surface area contributed by atoms with E-state index in [0.717, 1.165) is 13.2 Å². The molecule has 1 heterocycles. The molecule has 0 unspecified atom stereocenters. The molecule has 1 saturated heterocycles. The fraction of sp³-hybridized carbons (Fsp3) is 0.364. The van der Waals surface area contributed by atoms with Crippen LogP contribution in [0.5, 0.6) is 0 Å². The first-order valence-corrected chi connectivity index (χ1v) is 6.65. The van der Waals surface area contributed by atoms with Gasteiger partial charge in [-0.25, -0.2) is 0 Å². The van der Waals surface area contributed by atoms with Crippen molar-refractivity contribution >= 4 is 40.7 Å². The first kappa shape index (κ1) is 12.2. The Morgan fingerprint density at radius 2 is 2.19 bits per heavy atom. The van der Waals surface area contributed by atoms with Crippen molar-refractivity contribution in [1.29, 1.82) is 0 Å². The summed E-state index contributed by atoms with van der Waals surface area (Å²) in [6.07, 6.45) is 0. The van der Waals surface area contributed by atoms with Crippen LogP contribution in [-0.4, -0.2) is 30.0 Å². The van der Waals surface area contributed by atoms with E-state index >= 15 is 0 Å². The largest absolute Gasteiger partial charge is 0.379 e. The quantitative estimate of drug-likeness (QED) is 0.790. The molecular weight excluding hydrogens is 267 g/mol. The third-order valence-corrected chi connectivity index (χ3v) is 4.01. The van der Waals surface area contributed by atoms with E-state index in [0.29, 0.717) is 26.6 Å². The Hall–Kier alpha value is -0.220. The maximum absolute atomic E-state index is 11.8. The lowest BCUT2D eigenvalue weighted by Gasteiger charge is -2.24. The Balaban J connectivity index is 1.96. The van der Waals surface area contributed by atoms with Gasteiger partial charge in [-0.2, -0.15) is 0 Å². The van der Waals surface area contributed by atoms with Crippen LogP contribution < -0.4 is 0 Å². The second-order valence-electron chi connectivity index (χ2n) is 3.52. The molecule has 0 spiro atoms. The molecule has 1 fully saturated rings. The summed E-state index contributed by atoms with van der Waals surface area (Å²) in [7, 11) is 0. The molecule has 86 valence electrons. The average Bonchev–Trinajstić information content (AvgIpc) is 2.14. The summed E-state index contributed by atoms with van der Waals surface area (Å²) in [4.78, 5) is 11.8. The Bertz CT molecular complexity index is 405. The molecule has 1 aromatic rings. The molecule has 1 aliphatic rings. The molecule has 1 aliphatic heterocycles. The zero-order valence-electron chi connectivity index (χ0n) is 8.41. The summed E-state index contributed by atoms with van der Waals surface area (Å²) >= 11 is 13.3. The van der Waals surface area contributed by atoms with Gasteiger partial charge in [-0.1, -0.05) is 23.2 Å². The van der Waals surface area contributed by atoms with Crippen molar-refractivity contribution in [3.63, 3.8) is 0 Å². The fourth-order valence-electron chi connectivity index (χ4n) is 1.30. The third-order valence-electron chi connectivity index (χ3n) is 2.29. The molecule has 16 heavy (non-hydrogen) atoms. The summed E-state index contributed by atoms with van der Waals surface area (Å²) in [5.74, 6) is 0.480. The number of halogens is 2. The molecule has 0 N–H and O–H groups in total. The van der Waals surface area contributed by atoms with Gasteiger partial charge in [0.2, 0.25) is 0 Å². The van der Waals surface area contributed by atoms with E-state index in [1.807, 2.05) is 0 Å². The lowest BCUT2D eigenvalue weighted by atomic mass is 10.1. The van der Waals surface area contributed by atoms with Gasteiger partial charge in [0.15, 0.2) is 5.78 Å². The minimum absolute atomic E-state index is 0.0403. The zero-order chi connectivity index (χ0) is 11.5. The maximum atomic E-state index is 11.8. The minimum atomic E-state index is 0.0403. The molecule has 0 radical (unpaired) electrons. The van der Waals surface area contributed by atoms with Crippen molar-refractivity contribution in [2.45, 2.75) is 5.25 Å². The molecule has 0 amide bonds. The fourth-order valence-corrected chi connectivity index (χ4v) is 2.74. The standard InChI is InChI=1S/C11H10Cl2O2S/c12-7-1-2-9(10(13)3-7)11(14)6-16-8-4-15-5-8/h1-3,8H,4-6H2. The summed E-state index contributed by atoms with van der Waals surface area (Å²) in [5, 5.41) is 1.42. The van der Waals surface area contributed by atoms with E-state index in [9.17, 15) is 4.79 Å². The summed E-state index contributed by atoms with van der Waals surface area (Å²) in [6.45, 7) is 1.48. The molecule has 0 saturated carbocycles. The number of hydrogen-bond acceptors (Lipinski definition) is 3. The Labute approximate surface area is 108 Å². The van der Waals surface area contributed by atoms with Gasteiger partial charge in [-0.3, -0.25) is 4.79 Å². The number of carbonyl (C=O) groups is 1. The Kier molecular flexibility index (Phi) is 4.14. The predicted molar refractivity (Wildman–Crippen MR) is 67.9 cm³/mol. The first-order valence-electron chi connectivity index (χ1n) is 4.84. The number of benzene rings is 1. The zero-order valence-corrected chi connectivity index (χ0v) is 10.7. The number of carbonyl (C=O) groups excluding carboxylic acids is 1. The van der Waals surface area contributed by atoms with E-state index in [2.05, 4.69) is 0 Å². The number of ether oxygens (including phenoxy) is 1. The molecular formula is C11H10Cl2O2S. The number of thioether (sulfide) groups is 1. The van der Waals surface area contributed by atoms with Gasteiger partial charge in [0.25, 0.3) is 0 Å². The smallest absolute Gasteiger partial charge is 0.174 e. The van der Waals surface area contributed by atoms with Crippen LogP contribution in [-0.2, 0) is 4.74 Å². The molecule has 0 aliphatic carbocycles. The van der Waals surface area contributed by atoms with Crippen LogP contribution in [0.25, 0.3) is 0 Å². The van der Waals surface area contributed by atoms with Crippen molar-refractivity contribution in [3.05, 3.63) is 33.8 Å². The van der Waals surface area contributed by atoms with E-state index < -0.39 is 0 Å². The van der Waals surface area contributed by atoms with Crippen molar-refractivity contribution in [2.24, 2.45) is 0 Å². The molecule has 2 rings (SSSR count). The van der Waals surface area contributed by atoms with Gasteiger partial charge >= 0.3 is 0 Å². The Morgan fingerprint density at radius 3 is 2.75 bits per heavy atom. The first-order chi connectivity index (χ1) is 7.66. The van der Waals surface area contributed by atoms with Gasteiger partial charge in [0, 0.05) is 10.6 Å². The topological polar surface area (TPSA) is 26.3 Å². The molecule has 0 atom stereocenters. The third kappa shape index (κ3) is 2.92. The highest BCUT2D eigenvalue weighted by Gasteiger charge is 2.20. The van der Waals surface area contributed by atoms with E-state index in [1.165, 1.54) is 0 Å². The second kappa shape index (κ2) is 5.41. The van der Waals surface area contributed by atoms with Gasteiger partial charge < -0.3 is 4.74 Å². The predicted octanol–water partition coefficient (Wildman–Crippen LogP) is 3.31. The Morgan fingerprint density at radius 1 is 1.44 bits per heavy atom. The second-order valence-corrected chi connectivity index (χ2v) is 5.65. The van der Waals surface area contributed by atoms with Crippen LogP contribution in [0, 0.1) is 0 Å². The van der Waals surface area contributed by atoms with Gasteiger partial charge in [0.1, 0.15) is 0 Å². The summed E-state index contributed by atoms with van der Waals surface area (Å²) in [5.41, 5.74) is 0.541. The number of rotatable bonds is 4. The number of ketones is 1. The maximum Gasteiger partial charge on any atom is 0.174 e. The van der Waals surface area contributed by atoms with Crippen molar-refractivity contribution in [1.82, 2.24) is 0 Å². The molecule has 0 bridgehead atoms. The molecule has 2 nitrogen and oxygen atoms in total.